The normalized spacial score (nSPS) is 10.2. The van der Waals surface area contributed by atoms with Crippen molar-refractivity contribution < 1.29 is 14.7 Å². The number of hydrogen-bond donors (Lipinski definition) is 1. The smallest absolute Gasteiger partial charge is 0.336 e. The Balaban J connectivity index is 2.08. The standard InChI is InChI=1S/C15H15NO3S/c1-16(9-8-11-5-4-10-20-11)14(17)12-6-2-3-7-13(12)15(18)19/h2-7,10H,8-9H2,1H3,(H,18,19). The van der Waals surface area contributed by atoms with Crippen LogP contribution in [0.2, 0.25) is 0 Å². The van der Waals surface area contributed by atoms with Crippen molar-refractivity contribution in [3.8, 4) is 0 Å². The Morgan fingerprint density at radius 1 is 1.15 bits per heavy atom. The molecule has 1 heterocycles. The van der Waals surface area contributed by atoms with Crippen LogP contribution in [0.15, 0.2) is 41.8 Å². The van der Waals surface area contributed by atoms with E-state index in [0.29, 0.717) is 6.54 Å². The molecule has 0 saturated carbocycles. The van der Waals surface area contributed by atoms with Gasteiger partial charge in [0.05, 0.1) is 11.1 Å². The Kier molecular flexibility index (Phi) is 4.53. The highest BCUT2D eigenvalue weighted by atomic mass is 32.1. The summed E-state index contributed by atoms with van der Waals surface area (Å²) in [6.45, 7) is 0.563. The molecule has 1 aromatic carbocycles. The van der Waals surface area contributed by atoms with E-state index in [1.54, 1.807) is 41.5 Å². The van der Waals surface area contributed by atoms with E-state index < -0.39 is 5.97 Å². The Bertz CT molecular complexity index is 607. The minimum Gasteiger partial charge on any atom is -0.478 e. The summed E-state index contributed by atoms with van der Waals surface area (Å²) in [7, 11) is 1.69. The first-order chi connectivity index (χ1) is 9.59. The average molecular weight is 289 g/mol. The first-order valence-corrected chi connectivity index (χ1v) is 7.07. The lowest BCUT2D eigenvalue weighted by Gasteiger charge is -2.17. The quantitative estimate of drug-likeness (QED) is 0.920. The molecule has 1 amide bonds. The molecule has 0 fully saturated rings. The number of amides is 1. The van der Waals surface area contributed by atoms with Gasteiger partial charge < -0.3 is 10.0 Å². The van der Waals surface area contributed by atoms with Crippen molar-refractivity contribution in [1.29, 1.82) is 0 Å². The van der Waals surface area contributed by atoms with Crippen molar-refractivity contribution in [2.24, 2.45) is 0 Å². The molecule has 0 bridgehead atoms. The third-order valence-corrected chi connectivity index (χ3v) is 3.94. The molecule has 0 aliphatic heterocycles. The number of likely N-dealkylation sites (N-methyl/N-ethyl adjacent to an activating group) is 1. The second kappa shape index (κ2) is 6.34. The summed E-state index contributed by atoms with van der Waals surface area (Å²) in [6.07, 6.45) is 0.773. The van der Waals surface area contributed by atoms with Gasteiger partial charge in [0, 0.05) is 18.5 Å². The van der Waals surface area contributed by atoms with E-state index in [-0.39, 0.29) is 17.0 Å². The Labute approximate surface area is 121 Å². The van der Waals surface area contributed by atoms with Gasteiger partial charge in [-0.1, -0.05) is 18.2 Å². The second-order valence-corrected chi connectivity index (χ2v) is 5.44. The summed E-state index contributed by atoms with van der Waals surface area (Å²) in [4.78, 5) is 26.2. The molecule has 2 rings (SSSR count). The predicted octanol–water partition coefficient (Wildman–Crippen LogP) is 2.76. The van der Waals surface area contributed by atoms with Gasteiger partial charge in [-0.2, -0.15) is 0 Å². The number of rotatable bonds is 5. The van der Waals surface area contributed by atoms with Crippen LogP contribution in [0.4, 0.5) is 0 Å². The molecule has 0 unspecified atom stereocenters. The van der Waals surface area contributed by atoms with Crippen LogP contribution in [0.3, 0.4) is 0 Å². The monoisotopic (exact) mass is 289 g/mol. The van der Waals surface area contributed by atoms with E-state index in [4.69, 9.17) is 5.11 Å². The molecule has 0 spiro atoms. The van der Waals surface area contributed by atoms with Crippen LogP contribution in [0.5, 0.6) is 0 Å². The van der Waals surface area contributed by atoms with Gasteiger partial charge in [-0.05, 0) is 30.0 Å². The summed E-state index contributed by atoms with van der Waals surface area (Å²) < 4.78 is 0. The van der Waals surface area contributed by atoms with Crippen molar-refractivity contribution in [1.82, 2.24) is 4.90 Å². The highest BCUT2D eigenvalue weighted by Gasteiger charge is 2.18. The number of carboxylic acids is 1. The van der Waals surface area contributed by atoms with Crippen LogP contribution in [0.1, 0.15) is 25.6 Å². The fraction of sp³-hybridized carbons (Fsp3) is 0.200. The zero-order valence-electron chi connectivity index (χ0n) is 11.1. The van der Waals surface area contributed by atoms with Crippen LogP contribution in [0.25, 0.3) is 0 Å². The van der Waals surface area contributed by atoms with Gasteiger partial charge in [-0.25, -0.2) is 4.79 Å². The minimum absolute atomic E-state index is 0.0421. The molecule has 1 aromatic heterocycles. The fourth-order valence-corrected chi connectivity index (χ4v) is 2.59. The topological polar surface area (TPSA) is 57.6 Å². The van der Waals surface area contributed by atoms with E-state index in [1.165, 1.54) is 10.9 Å². The Morgan fingerprint density at radius 3 is 2.45 bits per heavy atom. The van der Waals surface area contributed by atoms with Gasteiger partial charge in [-0.3, -0.25) is 4.79 Å². The number of benzene rings is 1. The molecule has 2 aromatic rings. The van der Waals surface area contributed by atoms with Crippen LogP contribution >= 0.6 is 11.3 Å². The highest BCUT2D eigenvalue weighted by Crippen LogP contribution is 2.13. The van der Waals surface area contributed by atoms with Crippen molar-refractivity contribution in [2.45, 2.75) is 6.42 Å². The number of carboxylic acid groups (broad SMARTS) is 1. The van der Waals surface area contributed by atoms with E-state index in [1.807, 2.05) is 17.5 Å². The van der Waals surface area contributed by atoms with Crippen LogP contribution in [-0.4, -0.2) is 35.5 Å². The third-order valence-electron chi connectivity index (χ3n) is 3.01. The van der Waals surface area contributed by atoms with Gasteiger partial charge >= 0.3 is 5.97 Å². The van der Waals surface area contributed by atoms with Crippen LogP contribution < -0.4 is 0 Å². The minimum atomic E-state index is -1.08. The van der Waals surface area contributed by atoms with Gasteiger partial charge in [0.25, 0.3) is 5.91 Å². The van der Waals surface area contributed by atoms with E-state index in [2.05, 4.69) is 0 Å². The molecule has 1 N–H and O–H groups in total. The zero-order chi connectivity index (χ0) is 14.5. The molecular formula is C15H15NO3S. The molecule has 4 nitrogen and oxygen atoms in total. The van der Waals surface area contributed by atoms with E-state index in [0.717, 1.165) is 6.42 Å². The summed E-state index contributed by atoms with van der Waals surface area (Å²) in [6, 6.07) is 10.3. The predicted molar refractivity (Wildman–Crippen MR) is 78.4 cm³/mol. The molecule has 0 aliphatic carbocycles. The second-order valence-electron chi connectivity index (χ2n) is 4.41. The Hall–Kier alpha value is -2.14. The summed E-state index contributed by atoms with van der Waals surface area (Å²) in [5, 5.41) is 11.1. The molecule has 0 atom stereocenters. The third kappa shape index (κ3) is 3.24. The molecule has 0 saturated heterocycles. The van der Waals surface area contributed by atoms with Crippen molar-refractivity contribution in [3.63, 3.8) is 0 Å². The zero-order valence-corrected chi connectivity index (χ0v) is 11.9. The number of aromatic carboxylic acids is 1. The Morgan fingerprint density at radius 2 is 1.85 bits per heavy atom. The average Bonchev–Trinajstić information content (AvgIpc) is 2.97. The van der Waals surface area contributed by atoms with Gasteiger partial charge in [0.1, 0.15) is 0 Å². The lowest BCUT2D eigenvalue weighted by atomic mass is 10.1. The lowest BCUT2D eigenvalue weighted by Crippen LogP contribution is -2.30. The molecule has 104 valence electrons. The molecule has 0 radical (unpaired) electrons. The maximum atomic E-state index is 12.3. The number of carbonyl (C=O) groups excluding carboxylic acids is 1. The summed E-state index contributed by atoms with van der Waals surface area (Å²) in [5.74, 6) is -1.35. The van der Waals surface area contributed by atoms with Crippen molar-refractivity contribution >= 4 is 23.2 Å². The van der Waals surface area contributed by atoms with Crippen molar-refractivity contribution in [2.75, 3.05) is 13.6 Å². The molecular weight excluding hydrogens is 274 g/mol. The van der Waals surface area contributed by atoms with Crippen molar-refractivity contribution in [3.05, 3.63) is 57.8 Å². The molecule has 5 heteroatoms. The largest absolute Gasteiger partial charge is 0.478 e. The lowest BCUT2D eigenvalue weighted by molar-refractivity contribution is 0.0682. The molecule has 20 heavy (non-hydrogen) atoms. The number of thiophene rings is 1. The van der Waals surface area contributed by atoms with Crippen LogP contribution in [-0.2, 0) is 6.42 Å². The summed E-state index contributed by atoms with van der Waals surface area (Å²) in [5.41, 5.74) is 0.272. The number of nitrogens with zero attached hydrogens (tertiary/aromatic N) is 1. The first-order valence-electron chi connectivity index (χ1n) is 6.19. The summed E-state index contributed by atoms with van der Waals surface area (Å²) >= 11 is 1.65. The van der Waals surface area contributed by atoms with Gasteiger partial charge in [0.15, 0.2) is 0 Å². The SMILES string of the molecule is CN(CCc1cccs1)C(=O)c1ccccc1C(=O)O. The van der Waals surface area contributed by atoms with Crippen LogP contribution in [0, 0.1) is 0 Å². The highest BCUT2D eigenvalue weighted by molar-refractivity contribution is 7.09. The van der Waals surface area contributed by atoms with E-state index >= 15 is 0 Å². The fourth-order valence-electron chi connectivity index (χ4n) is 1.90. The molecule has 0 aliphatic rings. The first kappa shape index (κ1) is 14.3. The number of carbonyl (C=O) groups is 2. The number of hydrogen-bond acceptors (Lipinski definition) is 3. The maximum absolute atomic E-state index is 12.3. The van der Waals surface area contributed by atoms with E-state index in [9.17, 15) is 9.59 Å². The maximum Gasteiger partial charge on any atom is 0.336 e. The van der Waals surface area contributed by atoms with Gasteiger partial charge in [-0.15, -0.1) is 11.3 Å². The van der Waals surface area contributed by atoms with Gasteiger partial charge in [0.2, 0.25) is 0 Å².